The predicted octanol–water partition coefficient (Wildman–Crippen LogP) is 3.91. The van der Waals surface area contributed by atoms with Gasteiger partial charge in [0.2, 0.25) is 0 Å². The van der Waals surface area contributed by atoms with E-state index in [1.165, 1.54) is 18.3 Å². The molecule has 0 aliphatic carbocycles. The number of nitrogens with zero attached hydrogens (tertiary/aromatic N) is 1. The van der Waals surface area contributed by atoms with Gasteiger partial charge in [0, 0.05) is 18.3 Å². The molecule has 2 N–H and O–H groups in total. The Morgan fingerprint density at radius 3 is 2.79 bits per heavy atom. The minimum absolute atomic E-state index is 0.0612. The summed E-state index contributed by atoms with van der Waals surface area (Å²) >= 11 is 0. The van der Waals surface area contributed by atoms with E-state index < -0.39 is 5.91 Å². The second-order valence-corrected chi connectivity index (χ2v) is 6.35. The van der Waals surface area contributed by atoms with Crippen LogP contribution in [0.15, 0.2) is 54.2 Å². The number of nitrogens with one attached hydrogen (secondary N) is 2. The lowest BCUT2D eigenvalue weighted by atomic mass is 10.0. The first-order valence-corrected chi connectivity index (χ1v) is 9.07. The molecule has 0 radical (unpaired) electrons. The summed E-state index contributed by atoms with van der Waals surface area (Å²) in [5.41, 5.74) is 2.55. The lowest BCUT2D eigenvalue weighted by Crippen LogP contribution is -2.29. The maximum Gasteiger partial charge on any atom is 0.263 e. The Morgan fingerprint density at radius 1 is 1.32 bits per heavy atom. The molecule has 1 unspecified atom stereocenters. The molecule has 0 fully saturated rings. The van der Waals surface area contributed by atoms with Crippen molar-refractivity contribution in [2.24, 2.45) is 0 Å². The Kier molecular flexibility index (Phi) is 7.58. The van der Waals surface area contributed by atoms with Crippen LogP contribution in [0.3, 0.4) is 0 Å². The molecule has 5 nitrogen and oxygen atoms in total. The number of carbonyl (C=O) groups excluding carboxylic acids is 1. The van der Waals surface area contributed by atoms with E-state index in [2.05, 4.69) is 10.6 Å². The first kappa shape index (κ1) is 21.0. The lowest BCUT2D eigenvalue weighted by Gasteiger charge is -2.18. The number of amides is 1. The zero-order chi connectivity index (χ0) is 20.5. The molecule has 146 valence electrons. The van der Waals surface area contributed by atoms with Crippen LogP contribution < -0.4 is 15.4 Å². The van der Waals surface area contributed by atoms with Gasteiger partial charge < -0.3 is 15.4 Å². The number of aryl methyl sites for hydroxylation is 1. The molecular formula is C22H24FN3O2. The van der Waals surface area contributed by atoms with Gasteiger partial charge in [0.05, 0.1) is 12.6 Å². The number of halogens is 1. The predicted molar refractivity (Wildman–Crippen MR) is 106 cm³/mol. The van der Waals surface area contributed by atoms with Crippen molar-refractivity contribution in [3.63, 3.8) is 0 Å². The topological polar surface area (TPSA) is 74.1 Å². The molecule has 0 saturated carbocycles. The number of hydrogen-bond acceptors (Lipinski definition) is 4. The maximum atomic E-state index is 13.2. The van der Waals surface area contributed by atoms with E-state index in [0.29, 0.717) is 24.5 Å². The van der Waals surface area contributed by atoms with Crippen molar-refractivity contribution >= 4 is 5.91 Å². The summed E-state index contributed by atoms with van der Waals surface area (Å²) in [6, 6.07) is 13.4. The second-order valence-electron chi connectivity index (χ2n) is 6.35. The second kappa shape index (κ2) is 10.1. The standard InChI is InChI=1S/C22H24FN3O2/c1-4-28-21-9-8-15(2)10-20(21)16(3)26-22(27)18(12-24)14-25-13-17-6-5-7-19(23)11-17/h5-11,14,16,25H,4,13H2,1-3H3,(H,26,27)/b18-14-. The number of ether oxygens (including phenoxy) is 1. The molecule has 0 heterocycles. The molecule has 1 atom stereocenters. The van der Waals surface area contributed by atoms with Gasteiger partial charge >= 0.3 is 0 Å². The van der Waals surface area contributed by atoms with Gasteiger partial charge in [-0.2, -0.15) is 5.26 Å². The highest BCUT2D eigenvalue weighted by molar-refractivity contribution is 5.97. The molecule has 6 heteroatoms. The minimum atomic E-state index is -0.495. The number of carbonyl (C=O) groups is 1. The molecule has 0 saturated heterocycles. The highest BCUT2D eigenvalue weighted by atomic mass is 19.1. The largest absolute Gasteiger partial charge is 0.494 e. The molecule has 0 bridgehead atoms. The summed E-state index contributed by atoms with van der Waals surface area (Å²) in [5, 5.41) is 15.0. The SMILES string of the molecule is CCOc1ccc(C)cc1C(C)NC(=O)/C(C#N)=C\NCc1cccc(F)c1. The quantitative estimate of drug-likeness (QED) is 0.537. The fraction of sp³-hybridized carbons (Fsp3) is 0.273. The lowest BCUT2D eigenvalue weighted by molar-refractivity contribution is -0.117. The van der Waals surface area contributed by atoms with Crippen molar-refractivity contribution in [3.05, 3.63) is 76.7 Å². The van der Waals surface area contributed by atoms with Crippen LogP contribution in [0.4, 0.5) is 4.39 Å². The first-order chi connectivity index (χ1) is 13.4. The number of nitriles is 1. The van der Waals surface area contributed by atoms with Crippen molar-refractivity contribution in [2.45, 2.75) is 33.4 Å². The van der Waals surface area contributed by atoms with Crippen LogP contribution in [-0.4, -0.2) is 12.5 Å². The van der Waals surface area contributed by atoms with E-state index in [-0.39, 0.29) is 17.4 Å². The average molecular weight is 381 g/mol. The van der Waals surface area contributed by atoms with E-state index in [1.807, 2.05) is 45.0 Å². The summed E-state index contributed by atoms with van der Waals surface area (Å²) in [5.74, 6) is -0.128. The Labute approximate surface area is 164 Å². The van der Waals surface area contributed by atoms with Crippen LogP contribution in [-0.2, 0) is 11.3 Å². The summed E-state index contributed by atoms with van der Waals surface area (Å²) in [6.45, 7) is 6.52. The molecule has 2 aromatic carbocycles. The van der Waals surface area contributed by atoms with Gasteiger partial charge in [-0.1, -0.05) is 29.8 Å². The molecule has 0 aromatic heterocycles. The summed E-state index contributed by atoms with van der Waals surface area (Å²) in [6.07, 6.45) is 1.34. The van der Waals surface area contributed by atoms with E-state index in [4.69, 9.17) is 4.74 Å². The van der Waals surface area contributed by atoms with Crippen LogP contribution in [0.25, 0.3) is 0 Å². The zero-order valence-corrected chi connectivity index (χ0v) is 16.3. The van der Waals surface area contributed by atoms with Crippen molar-refractivity contribution in [1.82, 2.24) is 10.6 Å². The highest BCUT2D eigenvalue weighted by Gasteiger charge is 2.17. The zero-order valence-electron chi connectivity index (χ0n) is 16.3. The summed E-state index contributed by atoms with van der Waals surface area (Å²) < 4.78 is 18.8. The van der Waals surface area contributed by atoms with E-state index >= 15 is 0 Å². The van der Waals surface area contributed by atoms with Crippen molar-refractivity contribution < 1.29 is 13.9 Å². The molecule has 2 rings (SSSR count). The van der Waals surface area contributed by atoms with Gasteiger partial charge in [-0.25, -0.2) is 4.39 Å². The number of rotatable bonds is 8. The van der Waals surface area contributed by atoms with Crippen LogP contribution in [0.2, 0.25) is 0 Å². The highest BCUT2D eigenvalue weighted by Crippen LogP contribution is 2.26. The third-order valence-electron chi connectivity index (χ3n) is 4.09. The Morgan fingerprint density at radius 2 is 2.11 bits per heavy atom. The van der Waals surface area contributed by atoms with E-state index in [1.54, 1.807) is 12.1 Å². The van der Waals surface area contributed by atoms with Gasteiger partial charge in [-0.15, -0.1) is 0 Å². The molecule has 0 spiro atoms. The average Bonchev–Trinajstić information content (AvgIpc) is 2.66. The van der Waals surface area contributed by atoms with Gasteiger partial charge in [0.25, 0.3) is 5.91 Å². The smallest absolute Gasteiger partial charge is 0.263 e. The maximum absolute atomic E-state index is 13.2. The van der Waals surface area contributed by atoms with Crippen LogP contribution in [0, 0.1) is 24.1 Å². The van der Waals surface area contributed by atoms with Gasteiger partial charge in [-0.05, 0) is 44.5 Å². The molecule has 28 heavy (non-hydrogen) atoms. The molecule has 2 aromatic rings. The number of benzene rings is 2. The Bertz CT molecular complexity index is 903. The fourth-order valence-electron chi connectivity index (χ4n) is 2.71. The Balaban J connectivity index is 2.05. The van der Waals surface area contributed by atoms with E-state index in [0.717, 1.165) is 11.1 Å². The molecule has 1 amide bonds. The van der Waals surface area contributed by atoms with Crippen molar-refractivity contribution in [1.29, 1.82) is 5.26 Å². The normalized spacial score (nSPS) is 12.0. The third-order valence-corrected chi connectivity index (χ3v) is 4.09. The van der Waals surface area contributed by atoms with Crippen LogP contribution in [0.5, 0.6) is 5.75 Å². The number of hydrogen-bond donors (Lipinski definition) is 2. The summed E-state index contributed by atoms with van der Waals surface area (Å²) in [7, 11) is 0. The van der Waals surface area contributed by atoms with Gasteiger partial charge in [-0.3, -0.25) is 4.79 Å². The molecular weight excluding hydrogens is 357 g/mol. The third kappa shape index (κ3) is 5.85. The van der Waals surface area contributed by atoms with Crippen molar-refractivity contribution in [3.8, 4) is 11.8 Å². The molecule has 0 aliphatic rings. The summed E-state index contributed by atoms with van der Waals surface area (Å²) in [4.78, 5) is 12.5. The van der Waals surface area contributed by atoms with Gasteiger partial charge in [0.15, 0.2) is 0 Å². The fourth-order valence-corrected chi connectivity index (χ4v) is 2.71. The van der Waals surface area contributed by atoms with Crippen molar-refractivity contribution in [2.75, 3.05) is 6.61 Å². The minimum Gasteiger partial charge on any atom is -0.494 e. The van der Waals surface area contributed by atoms with Crippen LogP contribution in [0.1, 0.15) is 36.6 Å². The Hall–Kier alpha value is -3.33. The molecule has 0 aliphatic heterocycles. The van der Waals surface area contributed by atoms with Gasteiger partial charge in [0.1, 0.15) is 23.2 Å². The monoisotopic (exact) mass is 381 g/mol. The van der Waals surface area contributed by atoms with E-state index in [9.17, 15) is 14.4 Å². The van der Waals surface area contributed by atoms with Crippen LogP contribution >= 0.6 is 0 Å². The first-order valence-electron chi connectivity index (χ1n) is 9.07.